The van der Waals surface area contributed by atoms with E-state index in [-0.39, 0.29) is 36.7 Å². The van der Waals surface area contributed by atoms with Crippen LogP contribution in [0.3, 0.4) is 0 Å². The summed E-state index contributed by atoms with van der Waals surface area (Å²) >= 11 is 1.25. The summed E-state index contributed by atoms with van der Waals surface area (Å²) in [4.78, 5) is 45.9. The van der Waals surface area contributed by atoms with Crippen LogP contribution in [0.1, 0.15) is 28.7 Å². The molecule has 1 atom stereocenters. The van der Waals surface area contributed by atoms with Gasteiger partial charge in [-0.15, -0.1) is 11.3 Å². The number of hydrogen-bond donors (Lipinski definition) is 3. The van der Waals surface area contributed by atoms with Crippen LogP contribution in [-0.2, 0) is 22.7 Å². The monoisotopic (exact) mass is 503 g/mol. The number of halogens is 1. The van der Waals surface area contributed by atoms with E-state index in [1.807, 2.05) is 0 Å². The quantitative estimate of drug-likeness (QED) is 0.424. The summed E-state index contributed by atoms with van der Waals surface area (Å²) in [6, 6.07) is 4.29. The molecule has 10 nitrogen and oxygen atoms in total. The molecule has 186 valence electrons. The summed E-state index contributed by atoms with van der Waals surface area (Å²) in [5, 5.41) is 8.15. The van der Waals surface area contributed by atoms with Crippen LogP contribution >= 0.6 is 11.3 Å². The van der Waals surface area contributed by atoms with Crippen LogP contribution in [0.25, 0.3) is 10.2 Å². The highest BCUT2D eigenvalue weighted by Gasteiger charge is 2.21. The van der Waals surface area contributed by atoms with Gasteiger partial charge in [0.05, 0.1) is 25.7 Å². The average Bonchev–Trinajstić information content (AvgIpc) is 3.27. The molecule has 0 spiro atoms. The van der Waals surface area contributed by atoms with Crippen molar-refractivity contribution in [3.8, 4) is 5.75 Å². The number of aromatic nitrogens is 2. The maximum atomic E-state index is 13.6. The first-order chi connectivity index (χ1) is 16.9. The second-order valence-electron chi connectivity index (χ2n) is 8.14. The molecular formula is C23H26FN5O5S. The number of piperazine rings is 1. The fourth-order valence-electron chi connectivity index (χ4n) is 3.84. The van der Waals surface area contributed by atoms with E-state index >= 15 is 0 Å². The van der Waals surface area contributed by atoms with Gasteiger partial charge in [0, 0.05) is 44.7 Å². The minimum Gasteiger partial charge on any atom is -0.494 e. The highest BCUT2D eigenvalue weighted by Crippen LogP contribution is 2.22. The maximum absolute atomic E-state index is 13.6. The molecule has 1 aliphatic rings. The third-order valence-corrected chi connectivity index (χ3v) is 6.60. The van der Waals surface area contributed by atoms with Crippen LogP contribution in [-0.4, -0.2) is 66.1 Å². The van der Waals surface area contributed by atoms with Crippen molar-refractivity contribution in [3.05, 3.63) is 56.7 Å². The number of nitrogens with one attached hydrogen (secondary N) is 3. The van der Waals surface area contributed by atoms with Gasteiger partial charge in [0.2, 0.25) is 11.7 Å². The molecule has 3 aromatic rings. The molecule has 0 aliphatic carbocycles. The van der Waals surface area contributed by atoms with E-state index in [2.05, 4.69) is 20.6 Å². The smallest absolute Gasteiger partial charge is 0.287 e. The number of carbonyl (C=O) groups is 2. The lowest BCUT2D eigenvalue weighted by atomic mass is 10.2. The molecule has 1 fully saturated rings. The Labute approximate surface area is 204 Å². The SMILES string of the molecule is COc1cc(CNC(=O)c2nc3scc(COCC4CN(C(C)=O)CCN4)c3c(=O)[nH]2)ccc1F. The van der Waals surface area contributed by atoms with Crippen molar-refractivity contribution in [3.63, 3.8) is 0 Å². The lowest BCUT2D eigenvalue weighted by molar-refractivity contribution is -0.130. The van der Waals surface area contributed by atoms with E-state index in [0.717, 1.165) is 0 Å². The second kappa shape index (κ2) is 10.9. The average molecular weight is 504 g/mol. The minimum atomic E-state index is -0.558. The predicted molar refractivity (Wildman–Crippen MR) is 128 cm³/mol. The Balaban J connectivity index is 1.38. The molecule has 1 aromatic carbocycles. The number of aromatic amines is 1. The van der Waals surface area contributed by atoms with Crippen molar-refractivity contribution in [2.75, 3.05) is 33.4 Å². The highest BCUT2D eigenvalue weighted by atomic mass is 32.1. The molecule has 0 saturated carbocycles. The van der Waals surface area contributed by atoms with E-state index in [0.29, 0.717) is 47.6 Å². The van der Waals surface area contributed by atoms with Crippen molar-refractivity contribution in [2.24, 2.45) is 0 Å². The Morgan fingerprint density at radius 2 is 2.20 bits per heavy atom. The molecule has 3 heterocycles. The molecule has 2 amide bonds. The number of hydrogen-bond acceptors (Lipinski definition) is 8. The molecule has 4 rings (SSSR count). The first-order valence-corrected chi connectivity index (χ1v) is 11.9. The van der Waals surface area contributed by atoms with Gasteiger partial charge in [-0.25, -0.2) is 9.37 Å². The van der Waals surface area contributed by atoms with E-state index in [9.17, 15) is 18.8 Å². The predicted octanol–water partition coefficient (Wildman–Crippen LogP) is 1.40. The van der Waals surface area contributed by atoms with Gasteiger partial charge in [-0.1, -0.05) is 6.07 Å². The van der Waals surface area contributed by atoms with Crippen LogP contribution in [0.5, 0.6) is 5.75 Å². The third kappa shape index (κ3) is 5.84. The molecular weight excluding hydrogens is 477 g/mol. The van der Waals surface area contributed by atoms with Crippen LogP contribution in [0.2, 0.25) is 0 Å². The number of benzene rings is 1. The zero-order valence-corrected chi connectivity index (χ0v) is 20.2. The second-order valence-corrected chi connectivity index (χ2v) is 9.00. The van der Waals surface area contributed by atoms with Gasteiger partial charge in [-0.3, -0.25) is 14.4 Å². The number of fused-ring (bicyclic) bond motifs is 1. The summed E-state index contributed by atoms with van der Waals surface area (Å²) in [5.41, 5.74) is 0.889. The Morgan fingerprint density at radius 1 is 1.37 bits per heavy atom. The van der Waals surface area contributed by atoms with Crippen molar-refractivity contribution >= 4 is 33.4 Å². The first kappa shape index (κ1) is 24.8. The number of H-pyrrole nitrogens is 1. The standard InChI is InChI=1S/C23H26FN5O5S/c1-13(30)29-6-5-25-16(9-29)11-34-10-15-12-35-23-19(15)21(31)27-20(28-23)22(32)26-8-14-3-4-17(24)18(7-14)33-2/h3-4,7,12,16,25H,5-6,8-11H2,1-2H3,(H,26,32)(H,27,28,31). The van der Waals surface area contributed by atoms with Crippen molar-refractivity contribution in [1.82, 2.24) is 25.5 Å². The van der Waals surface area contributed by atoms with Crippen LogP contribution in [0.15, 0.2) is 28.4 Å². The minimum absolute atomic E-state index is 0.0188. The highest BCUT2D eigenvalue weighted by molar-refractivity contribution is 7.16. The van der Waals surface area contributed by atoms with Crippen LogP contribution in [0, 0.1) is 5.82 Å². The van der Waals surface area contributed by atoms with Gasteiger partial charge >= 0.3 is 0 Å². The summed E-state index contributed by atoms with van der Waals surface area (Å²) in [6.45, 7) is 4.22. The maximum Gasteiger partial charge on any atom is 0.287 e. The normalized spacial score (nSPS) is 15.9. The topological polar surface area (TPSA) is 126 Å². The lowest BCUT2D eigenvalue weighted by Crippen LogP contribution is -2.53. The van der Waals surface area contributed by atoms with Gasteiger partial charge in [0.15, 0.2) is 11.6 Å². The number of nitrogens with zero attached hydrogens (tertiary/aromatic N) is 2. The Morgan fingerprint density at radius 3 is 2.97 bits per heavy atom. The van der Waals surface area contributed by atoms with Gasteiger partial charge in [-0.2, -0.15) is 0 Å². The number of methoxy groups -OCH3 is 1. The fraction of sp³-hybridized carbons (Fsp3) is 0.391. The molecule has 2 aromatic heterocycles. The van der Waals surface area contributed by atoms with Crippen LogP contribution in [0.4, 0.5) is 4.39 Å². The zero-order chi connectivity index (χ0) is 24.9. The number of thiophene rings is 1. The number of rotatable bonds is 8. The van der Waals surface area contributed by atoms with Crippen LogP contribution < -0.4 is 20.9 Å². The Kier molecular flexibility index (Phi) is 7.73. The van der Waals surface area contributed by atoms with Gasteiger partial charge < -0.3 is 30.0 Å². The van der Waals surface area contributed by atoms with Gasteiger partial charge in [-0.05, 0) is 23.1 Å². The van der Waals surface area contributed by atoms with E-state index in [1.54, 1.807) is 17.2 Å². The summed E-state index contributed by atoms with van der Waals surface area (Å²) in [7, 11) is 1.36. The third-order valence-electron chi connectivity index (χ3n) is 5.68. The number of carbonyl (C=O) groups excluding carboxylic acids is 2. The molecule has 0 bridgehead atoms. The molecule has 35 heavy (non-hydrogen) atoms. The van der Waals surface area contributed by atoms with E-state index < -0.39 is 17.3 Å². The zero-order valence-electron chi connectivity index (χ0n) is 19.4. The van der Waals surface area contributed by atoms with E-state index in [1.165, 1.54) is 36.6 Å². The summed E-state index contributed by atoms with van der Waals surface area (Å²) in [6.07, 6.45) is 0. The van der Waals surface area contributed by atoms with Gasteiger partial charge in [0.1, 0.15) is 4.83 Å². The summed E-state index contributed by atoms with van der Waals surface area (Å²) in [5.74, 6) is -1.05. The molecule has 3 N–H and O–H groups in total. The van der Waals surface area contributed by atoms with Gasteiger partial charge in [0.25, 0.3) is 11.5 Å². The Hall–Kier alpha value is -3.35. The molecule has 1 aliphatic heterocycles. The molecule has 1 unspecified atom stereocenters. The number of ether oxygens (including phenoxy) is 2. The molecule has 0 radical (unpaired) electrons. The first-order valence-electron chi connectivity index (χ1n) is 11.0. The number of amides is 2. The summed E-state index contributed by atoms with van der Waals surface area (Å²) < 4.78 is 24.3. The van der Waals surface area contributed by atoms with Crippen molar-refractivity contribution < 1.29 is 23.5 Å². The van der Waals surface area contributed by atoms with Crippen molar-refractivity contribution in [2.45, 2.75) is 26.1 Å². The molecule has 1 saturated heterocycles. The largest absolute Gasteiger partial charge is 0.494 e. The van der Waals surface area contributed by atoms with Crippen molar-refractivity contribution in [1.29, 1.82) is 0 Å². The van der Waals surface area contributed by atoms with E-state index in [4.69, 9.17) is 9.47 Å². The molecule has 12 heteroatoms. The lowest BCUT2D eigenvalue weighted by Gasteiger charge is -2.32. The fourth-order valence-corrected chi connectivity index (χ4v) is 4.76. The Bertz CT molecular complexity index is 1290.